The lowest BCUT2D eigenvalue weighted by atomic mass is 10.0. The third-order valence-electron chi connectivity index (χ3n) is 3.50. The van der Waals surface area contributed by atoms with Crippen molar-refractivity contribution < 1.29 is 9.53 Å². The van der Waals surface area contributed by atoms with Gasteiger partial charge >= 0.3 is 0 Å². The second-order valence-electron chi connectivity index (χ2n) is 5.03. The molecule has 3 rings (SSSR count). The Hall–Kier alpha value is -2.43. The largest absolute Gasteiger partial charge is 0.491 e. The van der Waals surface area contributed by atoms with Gasteiger partial charge in [-0.2, -0.15) is 0 Å². The summed E-state index contributed by atoms with van der Waals surface area (Å²) >= 11 is 0. The zero-order valence-corrected chi connectivity index (χ0v) is 11.9. The van der Waals surface area contributed by atoms with Crippen molar-refractivity contribution in [3.8, 4) is 5.75 Å². The summed E-state index contributed by atoms with van der Waals surface area (Å²) in [7, 11) is 0. The van der Waals surface area contributed by atoms with Gasteiger partial charge in [0.2, 0.25) is 0 Å². The molecule has 0 saturated carbocycles. The lowest BCUT2D eigenvalue weighted by Gasteiger charge is -2.25. The first-order chi connectivity index (χ1) is 10.3. The third kappa shape index (κ3) is 3.02. The highest BCUT2D eigenvalue weighted by atomic mass is 16.5. The standard InChI is InChI=1S/C16H17N3O2/c1-2-15-17-8-12(9-18-15)16(20)19-13-7-11-5-3-4-6-14(11)21-10-13/h3-6,8-9,13H,2,7,10H2,1H3,(H,19,20)/t13-/m0/s1. The van der Waals surface area contributed by atoms with Gasteiger partial charge in [-0.05, 0) is 18.1 Å². The fraction of sp³-hybridized carbons (Fsp3) is 0.312. The summed E-state index contributed by atoms with van der Waals surface area (Å²) in [4.78, 5) is 20.5. The molecule has 21 heavy (non-hydrogen) atoms. The molecule has 2 aromatic rings. The number of fused-ring (bicyclic) bond motifs is 1. The molecule has 0 unspecified atom stereocenters. The van der Waals surface area contributed by atoms with Crippen molar-refractivity contribution in [1.82, 2.24) is 15.3 Å². The van der Waals surface area contributed by atoms with Crippen molar-refractivity contribution >= 4 is 5.91 Å². The number of hydrogen-bond acceptors (Lipinski definition) is 4. The van der Waals surface area contributed by atoms with E-state index in [2.05, 4.69) is 15.3 Å². The Kier molecular flexibility index (Phi) is 3.81. The van der Waals surface area contributed by atoms with Gasteiger partial charge in [0.05, 0.1) is 11.6 Å². The van der Waals surface area contributed by atoms with Crippen LogP contribution in [0.15, 0.2) is 36.7 Å². The quantitative estimate of drug-likeness (QED) is 0.932. The van der Waals surface area contributed by atoms with Crippen LogP contribution in [0.4, 0.5) is 0 Å². The SMILES string of the molecule is CCc1ncc(C(=O)N[C@@H]2COc3ccccc3C2)cn1. The Morgan fingerprint density at radius 1 is 1.33 bits per heavy atom. The summed E-state index contributed by atoms with van der Waals surface area (Å²) in [6, 6.07) is 7.87. The minimum atomic E-state index is -0.161. The van der Waals surface area contributed by atoms with E-state index < -0.39 is 0 Å². The molecule has 0 saturated heterocycles. The minimum Gasteiger partial charge on any atom is -0.491 e. The Balaban J connectivity index is 1.65. The van der Waals surface area contributed by atoms with Crippen LogP contribution in [0.5, 0.6) is 5.75 Å². The van der Waals surface area contributed by atoms with E-state index in [1.807, 2.05) is 31.2 Å². The Morgan fingerprint density at radius 2 is 2.10 bits per heavy atom. The second-order valence-corrected chi connectivity index (χ2v) is 5.03. The van der Waals surface area contributed by atoms with Crippen LogP contribution in [-0.4, -0.2) is 28.5 Å². The van der Waals surface area contributed by atoms with Crippen LogP contribution in [0.2, 0.25) is 0 Å². The number of hydrogen-bond donors (Lipinski definition) is 1. The molecule has 1 atom stereocenters. The first-order valence-electron chi connectivity index (χ1n) is 7.08. The highest BCUT2D eigenvalue weighted by Crippen LogP contribution is 2.23. The number of aromatic nitrogens is 2. The van der Waals surface area contributed by atoms with E-state index in [0.29, 0.717) is 12.2 Å². The van der Waals surface area contributed by atoms with Gasteiger partial charge in [-0.3, -0.25) is 4.79 Å². The van der Waals surface area contributed by atoms with Crippen molar-refractivity contribution in [2.45, 2.75) is 25.8 Å². The van der Waals surface area contributed by atoms with E-state index in [4.69, 9.17) is 4.74 Å². The summed E-state index contributed by atoms with van der Waals surface area (Å²) in [5.41, 5.74) is 1.60. The summed E-state index contributed by atoms with van der Waals surface area (Å²) in [6.07, 6.45) is 4.67. The predicted molar refractivity (Wildman–Crippen MR) is 78.3 cm³/mol. The van der Waals surface area contributed by atoms with Crippen LogP contribution in [0.1, 0.15) is 28.7 Å². The molecule has 0 radical (unpaired) electrons. The molecule has 0 spiro atoms. The summed E-state index contributed by atoms with van der Waals surface area (Å²) in [5, 5.41) is 2.97. The van der Waals surface area contributed by atoms with E-state index in [1.54, 1.807) is 12.4 Å². The number of amides is 1. The van der Waals surface area contributed by atoms with Crippen LogP contribution in [0, 0.1) is 0 Å². The maximum Gasteiger partial charge on any atom is 0.254 e. The smallest absolute Gasteiger partial charge is 0.254 e. The molecule has 108 valence electrons. The first-order valence-corrected chi connectivity index (χ1v) is 7.08. The van der Waals surface area contributed by atoms with Crippen molar-refractivity contribution in [1.29, 1.82) is 0 Å². The van der Waals surface area contributed by atoms with Crippen molar-refractivity contribution in [3.63, 3.8) is 0 Å². The van der Waals surface area contributed by atoms with Gasteiger partial charge in [0.1, 0.15) is 18.2 Å². The zero-order valence-electron chi connectivity index (χ0n) is 11.9. The van der Waals surface area contributed by atoms with Crippen LogP contribution in [0.25, 0.3) is 0 Å². The maximum atomic E-state index is 12.2. The number of aryl methyl sites for hydroxylation is 1. The number of nitrogens with one attached hydrogen (secondary N) is 1. The molecule has 0 bridgehead atoms. The molecule has 1 amide bonds. The molecular weight excluding hydrogens is 266 g/mol. The summed E-state index contributed by atoms with van der Waals surface area (Å²) < 4.78 is 5.66. The van der Waals surface area contributed by atoms with Crippen LogP contribution >= 0.6 is 0 Å². The molecule has 1 aromatic carbocycles. The molecule has 5 nitrogen and oxygen atoms in total. The third-order valence-corrected chi connectivity index (χ3v) is 3.50. The van der Waals surface area contributed by atoms with Gasteiger partial charge in [0.25, 0.3) is 5.91 Å². The van der Waals surface area contributed by atoms with Gasteiger partial charge in [-0.25, -0.2) is 9.97 Å². The number of nitrogens with zero attached hydrogens (tertiary/aromatic N) is 2. The zero-order chi connectivity index (χ0) is 14.7. The van der Waals surface area contributed by atoms with E-state index in [1.165, 1.54) is 0 Å². The fourth-order valence-electron chi connectivity index (χ4n) is 2.34. The summed E-state index contributed by atoms with van der Waals surface area (Å²) in [6.45, 7) is 2.46. The number of para-hydroxylation sites is 1. The molecule has 1 aliphatic heterocycles. The number of carbonyl (C=O) groups excluding carboxylic acids is 1. The Morgan fingerprint density at radius 3 is 2.86 bits per heavy atom. The number of ether oxygens (including phenoxy) is 1. The molecule has 5 heteroatoms. The van der Waals surface area contributed by atoms with Gasteiger partial charge < -0.3 is 10.1 Å². The van der Waals surface area contributed by atoms with Crippen molar-refractivity contribution in [2.24, 2.45) is 0 Å². The monoisotopic (exact) mass is 283 g/mol. The van der Waals surface area contributed by atoms with Crippen LogP contribution in [-0.2, 0) is 12.8 Å². The molecule has 1 N–H and O–H groups in total. The lowest BCUT2D eigenvalue weighted by molar-refractivity contribution is 0.0914. The van der Waals surface area contributed by atoms with Gasteiger partial charge in [-0.15, -0.1) is 0 Å². The van der Waals surface area contributed by atoms with E-state index in [9.17, 15) is 4.79 Å². The molecule has 1 aliphatic rings. The van der Waals surface area contributed by atoms with Crippen LogP contribution in [0.3, 0.4) is 0 Å². The Bertz CT molecular complexity index is 640. The molecule has 2 heterocycles. The van der Waals surface area contributed by atoms with Gasteiger partial charge in [0, 0.05) is 18.8 Å². The van der Waals surface area contributed by atoms with E-state index >= 15 is 0 Å². The number of benzene rings is 1. The normalized spacial score (nSPS) is 16.7. The number of rotatable bonds is 3. The average molecular weight is 283 g/mol. The average Bonchev–Trinajstić information content (AvgIpc) is 2.55. The molecule has 1 aromatic heterocycles. The predicted octanol–water partition coefficient (Wildman–Crippen LogP) is 1.77. The molecule has 0 aliphatic carbocycles. The lowest BCUT2D eigenvalue weighted by Crippen LogP contribution is -2.42. The summed E-state index contributed by atoms with van der Waals surface area (Å²) in [5.74, 6) is 1.48. The topological polar surface area (TPSA) is 64.1 Å². The second kappa shape index (κ2) is 5.91. The van der Waals surface area contributed by atoms with Crippen molar-refractivity contribution in [3.05, 3.63) is 53.6 Å². The highest BCUT2D eigenvalue weighted by molar-refractivity contribution is 5.93. The van der Waals surface area contributed by atoms with Gasteiger partial charge in [0.15, 0.2) is 0 Å². The minimum absolute atomic E-state index is 0.0294. The molecular formula is C16H17N3O2. The maximum absolute atomic E-state index is 12.2. The fourth-order valence-corrected chi connectivity index (χ4v) is 2.34. The highest BCUT2D eigenvalue weighted by Gasteiger charge is 2.21. The van der Waals surface area contributed by atoms with E-state index in [-0.39, 0.29) is 11.9 Å². The van der Waals surface area contributed by atoms with Crippen LogP contribution < -0.4 is 10.1 Å². The van der Waals surface area contributed by atoms with Crippen molar-refractivity contribution in [2.75, 3.05) is 6.61 Å². The molecule has 0 fully saturated rings. The Labute approximate surface area is 123 Å². The first kappa shape index (κ1) is 13.5. The van der Waals surface area contributed by atoms with E-state index in [0.717, 1.165) is 30.0 Å². The number of carbonyl (C=O) groups is 1. The van der Waals surface area contributed by atoms with Gasteiger partial charge in [-0.1, -0.05) is 25.1 Å².